The van der Waals surface area contributed by atoms with Gasteiger partial charge >= 0.3 is 0 Å². The Morgan fingerprint density at radius 1 is 1.03 bits per heavy atom. The van der Waals surface area contributed by atoms with Gasteiger partial charge < -0.3 is 10.2 Å². The zero-order valence-corrected chi connectivity index (χ0v) is 22.1. The van der Waals surface area contributed by atoms with Gasteiger partial charge in [0.2, 0.25) is 21.8 Å². The van der Waals surface area contributed by atoms with E-state index in [4.69, 9.17) is 0 Å². The highest BCUT2D eigenvalue weighted by molar-refractivity contribution is 9.10. The zero-order chi connectivity index (χ0) is 24.8. The molecule has 0 heterocycles. The molecule has 0 fully saturated rings. The van der Waals surface area contributed by atoms with Crippen molar-refractivity contribution in [2.75, 3.05) is 23.7 Å². The second kappa shape index (κ2) is 11.7. The van der Waals surface area contributed by atoms with Crippen LogP contribution in [0.3, 0.4) is 0 Å². The Hall–Kier alpha value is -2.39. The number of hydrogen-bond donors (Lipinski definition) is 1. The van der Waals surface area contributed by atoms with E-state index in [1.807, 2.05) is 44.2 Å². The molecule has 180 valence electrons. The predicted octanol–water partition coefficient (Wildman–Crippen LogP) is 3.71. The number of hydrogen-bond acceptors (Lipinski definition) is 4. The lowest BCUT2D eigenvalue weighted by Crippen LogP contribution is -2.51. The second-order valence-electron chi connectivity index (χ2n) is 8.52. The molecule has 0 aliphatic rings. The van der Waals surface area contributed by atoms with E-state index < -0.39 is 28.5 Å². The molecule has 0 aliphatic carbocycles. The lowest BCUT2D eigenvalue weighted by Gasteiger charge is -2.32. The maximum absolute atomic E-state index is 13.5. The third kappa shape index (κ3) is 7.85. The lowest BCUT2D eigenvalue weighted by molar-refractivity contribution is -0.139. The first-order valence-electron chi connectivity index (χ1n) is 10.7. The summed E-state index contributed by atoms with van der Waals surface area (Å²) in [4.78, 5) is 27.7. The van der Waals surface area contributed by atoms with Crippen molar-refractivity contribution in [2.45, 2.75) is 40.3 Å². The fraction of sp³-hybridized carbons (Fsp3) is 0.417. The van der Waals surface area contributed by atoms with E-state index in [1.165, 1.54) is 4.90 Å². The number of nitrogens with one attached hydrogen (secondary N) is 1. The molecule has 7 nitrogen and oxygen atoms in total. The summed E-state index contributed by atoms with van der Waals surface area (Å²) in [6.45, 7) is 7.69. The first-order chi connectivity index (χ1) is 15.4. The molecule has 1 atom stereocenters. The number of amides is 2. The summed E-state index contributed by atoms with van der Waals surface area (Å²) in [6, 6.07) is 13.7. The van der Waals surface area contributed by atoms with E-state index in [2.05, 4.69) is 21.2 Å². The molecule has 0 unspecified atom stereocenters. The summed E-state index contributed by atoms with van der Waals surface area (Å²) >= 11 is 3.40. The van der Waals surface area contributed by atoms with Crippen LogP contribution in [0, 0.1) is 12.8 Å². The molecule has 2 amide bonds. The topological polar surface area (TPSA) is 86.8 Å². The number of halogens is 1. The van der Waals surface area contributed by atoms with Crippen LogP contribution in [0.15, 0.2) is 53.0 Å². The Morgan fingerprint density at radius 2 is 1.64 bits per heavy atom. The Balaban J connectivity index is 2.36. The molecule has 2 aromatic rings. The van der Waals surface area contributed by atoms with Crippen molar-refractivity contribution in [3.8, 4) is 0 Å². The molecule has 0 spiro atoms. The fourth-order valence-corrected chi connectivity index (χ4v) is 4.43. The lowest BCUT2D eigenvalue weighted by atomic mass is 10.1. The highest BCUT2D eigenvalue weighted by atomic mass is 79.9. The number of carbonyl (C=O) groups excluding carboxylic acids is 2. The van der Waals surface area contributed by atoms with Crippen LogP contribution in [0.5, 0.6) is 0 Å². The smallest absolute Gasteiger partial charge is 0.244 e. The van der Waals surface area contributed by atoms with Crippen molar-refractivity contribution >= 4 is 43.5 Å². The molecule has 2 aromatic carbocycles. The van der Waals surface area contributed by atoms with Crippen LogP contribution in [-0.4, -0.2) is 50.5 Å². The van der Waals surface area contributed by atoms with E-state index in [1.54, 1.807) is 32.0 Å². The average Bonchev–Trinajstić information content (AvgIpc) is 2.74. The van der Waals surface area contributed by atoms with Gasteiger partial charge in [0.05, 0.1) is 11.9 Å². The van der Waals surface area contributed by atoms with Crippen LogP contribution in [-0.2, 0) is 26.2 Å². The number of aryl methyl sites for hydroxylation is 1. The van der Waals surface area contributed by atoms with E-state index in [-0.39, 0.29) is 18.4 Å². The van der Waals surface area contributed by atoms with Crippen molar-refractivity contribution in [1.82, 2.24) is 10.2 Å². The van der Waals surface area contributed by atoms with Gasteiger partial charge in [0.25, 0.3) is 0 Å². The van der Waals surface area contributed by atoms with Crippen molar-refractivity contribution in [3.63, 3.8) is 0 Å². The number of benzene rings is 2. The van der Waals surface area contributed by atoms with E-state index in [0.717, 1.165) is 26.2 Å². The standard InChI is InChI=1S/C24H32BrN3O4S/c1-17(2)14-26-24(30)19(4)27(15-20-10-12-21(25)13-11-20)23(29)16-28(33(5,31)32)22-9-7-6-8-18(22)3/h6-13,17,19H,14-16H2,1-5H3,(H,26,30)/t19-/m0/s1. The average molecular weight is 539 g/mol. The number of sulfonamides is 1. The maximum atomic E-state index is 13.5. The monoisotopic (exact) mass is 537 g/mol. The summed E-state index contributed by atoms with van der Waals surface area (Å²) in [6.07, 6.45) is 1.07. The molecular formula is C24H32BrN3O4S. The SMILES string of the molecule is Cc1ccccc1N(CC(=O)N(Cc1ccc(Br)cc1)[C@@H](C)C(=O)NCC(C)C)S(C)(=O)=O. The minimum absolute atomic E-state index is 0.174. The highest BCUT2D eigenvalue weighted by Crippen LogP contribution is 2.23. The summed E-state index contributed by atoms with van der Waals surface area (Å²) in [5.74, 6) is -0.478. The first kappa shape index (κ1) is 26.9. The summed E-state index contributed by atoms with van der Waals surface area (Å²) in [5.41, 5.74) is 2.00. The summed E-state index contributed by atoms with van der Waals surface area (Å²) < 4.78 is 27.2. The zero-order valence-electron chi connectivity index (χ0n) is 19.7. The van der Waals surface area contributed by atoms with Crippen LogP contribution in [0.2, 0.25) is 0 Å². The molecule has 33 heavy (non-hydrogen) atoms. The number of carbonyl (C=O) groups is 2. The minimum atomic E-state index is -3.74. The van der Waals surface area contributed by atoms with Crippen LogP contribution >= 0.6 is 15.9 Å². The van der Waals surface area contributed by atoms with Crippen LogP contribution in [0.25, 0.3) is 0 Å². The molecule has 2 rings (SSSR count). The minimum Gasteiger partial charge on any atom is -0.354 e. The second-order valence-corrected chi connectivity index (χ2v) is 11.3. The Labute approximate surface area is 205 Å². The number of anilines is 1. The third-order valence-electron chi connectivity index (χ3n) is 5.18. The van der Waals surface area contributed by atoms with Gasteiger partial charge in [-0.15, -0.1) is 0 Å². The highest BCUT2D eigenvalue weighted by Gasteiger charge is 2.30. The van der Waals surface area contributed by atoms with E-state index in [9.17, 15) is 18.0 Å². The van der Waals surface area contributed by atoms with Gasteiger partial charge in [0, 0.05) is 17.6 Å². The molecule has 1 N–H and O–H groups in total. The van der Waals surface area contributed by atoms with Gasteiger partial charge in [-0.05, 0) is 49.1 Å². The van der Waals surface area contributed by atoms with Crippen LogP contribution < -0.4 is 9.62 Å². The third-order valence-corrected chi connectivity index (χ3v) is 6.84. The van der Waals surface area contributed by atoms with Gasteiger partial charge in [-0.25, -0.2) is 8.42 Å². The normalized spacial score (nSPS) is 12.3. The number of para-hydroxylation sites is 1. The van der Waals surface area contributed by atoms with Crippen molar-refractivity contribution in [2.24, 2.45) is 5.92 Å². The van der Waals surface area contributed by atoms with Gasteiger partial charge in [0.1, 0.15) is 12.6 Å². The van der Waals surface area contributed by atoms with Gasteiger partial charge in [-0.1, -0.05) is 60.1 Å². The predicted molar refractivity (Wildman–Crippen MR) is 135 cm³/mol. The molecule has 0 aromatic heterocycles. The van der Waals surface area contributed by atoms with Gasteiger partial charge in [-0.2, -0.15) is 0 Å². The van der Waals surface area contributed by atoms with Crippen molar-refractivity contribution < 1.29 is 18.0 Å². The molecule has 0 radical (unpaired) electrons. The molecule has 0 aliphatic heterocycles. The Morgan fingerprint density at radius 3 is 2.18 bits per heavy atom. The van der Waals surface area contributed by atoms with E-state index >= 15 is 0 Å². The number of nitrogens with zero attached hydrogens (tertiary/aromatic N) is 2. The summed E-state index contributed by atoms with van der Waals surface area (Å²) in [5, 5.41) is 2.86. The largest absolute Gasteiger partial charge is 0.354 e. The molecule has 0 bridgehead atoms. The fourth-order valence-electron chi connectivity index (χ4n) is 3.26. The van der Waals surface area contributed by atoms with E-state index in [0.29, 0.717) is 12.2 Å². The Bertz CT molecular complexity index is 1070. The molecular weight excluding hydrogens is 506 g/mol. The maximum Gasteiger partial charge on any atom is 0.244 e. The molecule has 0 saturated heterocycles. The van der Waals surface area contributed by atoms with Gasteiger partial charge in [-0.3, -0.25) is 13.9 Å². The molecule has 9 heteroatoms. The van der Waals surface area contributed by atoms with Crippen molar-refractivity contribution in [1.29, 1.82) is 0 Å². The van der Waals surface area contributed by atoms with Crippen LogP contribution in [0.1, 0.15) is 31.9 Å². The van der Waals surface area contributed by atoms with Gasteiger partial charge in [0.15, 0.2) is 0 Å². The molecule has 0 saturated carbocycles. The van der Waals surface area contributed by atoms with Crippen LogP contribution in [0.4, 0.5) is 5.69 Å². The Kier molecular flexibility index (Phi) is 9.48. The summed E-state index contributed by atoms with van der Waals surface area (Å²) in [7, 11) is -3.74. The quantitative estimate of drug-likeness (QED) is 0.500. The van der Waals surface area contributed by atoms with Crippen molar-refractivity contribution in [3.05, 3.63) is 64.1 Å². The number of rotatable bonds is 10. The first-order valence-corrected chi connectivity index (χ1v) is 13.4.